The summed E-state index contributed by atoms with van der Waals surface area (Å²) in [6.45, 7) is 5.35. The van der Waals surface area contributed by atoms with E-state index in [1.54, 1.807) is 13.2 Å². The van der Waals surface area contributed by atoms with Gasteiger partial charge in [-0.25, -0.2) is 9.97 Å². The Bertz CT molecular complexity index is 521. The lowest BCUT2D eigenvalue weighted by molar-refractivity contribution is -0.149. The van der Waals surface area contributed by atoms with Crippen molar-refractivity contribution in [3.8, 4) is 0 Å². The molecule has 114 valence electrons. The topological polar surface area (TPSA) is 75.5 Å². The van der Waals surface area contributed by atoms with Gasteiger partial charge in [-0.2, -0.15) is 0 Å². The van der Waals surface area contributed by atoms with Crippen LogP contribution in [0.2, 0.25) is 0 Å². The first-order chi connectivity index (χ1) is 10.1. The molecule has 2 heterocycles. The lowest BCUT2D eigenvalue weighted by atomic mass is 9.77. The molecule has 1 fully saturated rings. The molecule has 1 aliphatic rings. The minimum absolute atomic E-state index is 0.417. The molecule has 0 unspecified atom stereocenters. The predicted octanol–water partition coefficient (Wildman–Crippen LogP) is 1.87. The van der Waals surface area contributed by atoms with Gasteiger partial charge in [-0.15, -0.1) is 6.58 Å². The van der Waals surface area contributed by atoms with Crippen LogP contribution in [-0.2, 0) is 16.1 Å². The number of carbonyl (C=O) groups is 1. The van der Waals surface area contributed by atoms with Crippen molar-refractivity contribution < 1.29 is 14.6 Å². The minimum Gasteiger partial charge on any atom is -0.481 e. The molecular formula is C15H21N3O3. The predicted molar refractivity (Wildman–Crippen MR) is 79.1 cm³/mol. The summed E-state index contributed by atoms with van der Waals surface area (Å²) in [6, 6.07) is 1.86. The van der Waals surface area contributed by atoms with E-state index in [0.717, 1.165) is 24.5 Å². The Labute approximate surface area is 124 Å². The fourth-order valence-corrected chi connectivity index (χ4v) is 2.82. The Balaban J connectivity index is 2.22. The zero-order chi connectivity index (χ0) is 15.3. The molecule has 1 aromatic heterocycles. The molecule has 0 spiro atoms. The number of methoxy groups -OCH3 is 1. The quantitative estimate of drug-likeness (QED) is 0.806. The van der Waals surface area contributed by atoms with Crippen LogP contribution in [0.5, 0.6) is 0 Å². The maximum absolute atomic E-state index is 11.7. The number of carboxylic acids is 1. The number of ether oxygens (including phenoxy) is 1. The minimum atomic E-state index is -0.771. The van der Waals surface area contributed by atoms with E-state index in [1.165, 1.54) is 6.33 Å². The lowest BCUT2D eigenvalue weighted by Crippen LogP contribution is -2.48. The van der Waals surface area contributed by atoms with E-state index >= 15 is 0 Å². The molecule has 6 nitrogen and oxygen atoms in total. The monoisotopic (exact) mass is 291 g/mol. The molecule has 0 radical (unpaired) electrons. The van der Waals surface area contributed by atoms with Gasteiger partial charge in [-0.05, 0) is 19.3 Å². The van der Waals surface area contributed by atoms with Crippen LogP contribution in [0.15, 0.2) is 25.0 Å². The highest BCUT2D eigenvalue weighted by Crippen LogP contribution is 2.35. The van der Waals surface area contributed by atoms with E-state index in [1.807, 2.05) is 11.0 Å². The van der Waals surface area contributed by atoms with Gasteiger partial charge in [0, 0.05) is 26.3 Å². The van der Waals surface area contributed by atoms with Crippen LogP contribution >= 0.6 is 0 Å². The summed E-state index contributed by atoms with van der Waals surface area (Å²) in [6.07, 6.45) is 5.14. The van der Waals surface area contributed by atoms with Crippen LogP contribution in [0, 0.1) is 5.41 Å². The number of carboxylic acid groups (broad SMARTS) is 1. The van der Waals surface area contributed by atoms with Gasteiger partial charge in [0.15, 0.2) is 0 Å². The van der Waals surface area contributed by atoms with Gasteiger partial charge in [-0.3, -0.25) is 4.79 Å². The summed E-state index contributed by atoms with van der Waals surface area (Å²) in [5.41, 5.74) is 0.0181. The van der Waals surface area contributed by atoms with Crippen LogP contribution in [0.25, 0.3) is 0 Å². The second-order valence-electron chi connectivity index (χ2n) is 5.40. The van der Waals surface area contributed by atoms with Crippen molar-refractivity contribution in [3.05, 3.63) is 30.7 Å². The molecule has 0 saturated carbocycles. The number of aliphatic carboxylic acids is 1. The average Bonchev–Trinajstić information content (AvgIpc) is 2.48. The van der Waals surface area contributed by atoms with Crippen molar-refractivity contribution >= 4 is 11.8 Å². The molecule has 0 aromatic carbocycles. The van der Waals surface area contributed by atoms with E-state index < -0.39 is 11.4 Å². The van der Waals surface area contributed by atoms with E-state index in [-0.39, 0.29) is 0 Å². The van der Waals surface area contributed by atoms with Gasteiger partial charge in [-0.1, -0.05) is 6.08 Å². The molecule has 1 N–H and O–H groups in total. The summed E-state index contributed by atoms with van der Waals surface area (Å²) in [5, 5.41) is 9.60. The fourth-order valence-electron chi connectivity index (χ4n) is 2.82. The Morgan fingerprint density at radius 2 is 2.43 bits per heavy atom. The van der Waals surface area contributed by atoms with E-state index in [2.05, 4.69) is 16.5 Å². The summed E-state index contributed by atoms with van der Waals surface area (Å²) < 4.78 is 5.07. The second-order valence-corrected chi connectivity index (χ2v) is 5.40. The summed E-state index contributed by atoms with van der Waals surface area (Å²) in [5.74, 6) is -0.00953. The van der Waals surface area contributed by atoms with E-state index in [9.17, 15) is 9.90 Å². The lowest BCUT2D eigenvalue weighted by Gasteiger charge is -2.40. The van der Waals surface area contributed by atoms with Crippen LogP contribution in [0.3, 0.4) is 0 Å². The standard InChI is InChI=1S/C15H21N3O3/c1-3-5-15(14(19)20)6-4-7-18(10-15)13-8-12(9-21-2)16-11-17-13/h3,8,11H,1,4-7,9-10H2,2H3,(H,19,20)/t15-/m0/s1. The van der Waals surface area contributed by atoms with Crippen LogP contribution < -0.4 is 4.90 Å². The molecular weight excluding hydrogens is 270 g/mol. The van der Waals surface area contributed by atoms with Gasteiger partial charge >= 0.3 is 5.97 Å². The number of anilines is 1. The molecule has 0 aliphatic carbocycles. The van der Waals surface area contributed by atoms with Crippen molar-refractivity contribution in [3.63, 3.8) is 0 Å². The van der Waals surface area contributed by atoms with Gasteiger partial charge < -0.3 is 14.7 Å². The molecule has 2 rings (SSSR count). The first-order valence-electron chi connectivity index (χ1n) is 7.00. The average molecular weight is 291 g/mol. The summed E-state index contributed by atoms with van der Waals surface area (Å²) >= 11 is 0. The zero-order valence-corrected chi connectivity index (χ0v) is 12.3. The largest absolute Gasteiger partial charge is 0.481 e. The van der Waals surface area contributed by atoms with Crippen LogP contribution in [-0.4, -0.2) is 41.2 Å². The third-order valence-corrected chi connectivity index (χ3v) is 3.89. The maximum Gasteiger partial charge on any atom is 0.311 e. The van der Waals surface area contributed by atoms with Gasteiger partial charge in [0.25, 0.3) is 0 Å². The highest BCUT2D eigenvalue weighted by Gasteiger charge is 2.41. The first-order valence-corrected chi connectivity index (χ1v) is 7.00. The number of hydrogen-bond acceptors (Lipinski definition) is 5. The molecule has 1 aliphatic heterocycles. The molecule has 21 heavy (non-hydrogen) atoms. The molecule has 0 bridgehead atoms. The van der Waals surface area contributed by atoms with E-state index in [0.29, 0.717) is 26.0 Å². The Kier molecular flexibility index (Phi) is 4.90. The van der Waals surface area contributed by atoms with Gasteiger partial charge in [0.1, 0.15) is 12.1 Å². The molecule has 6 heteroatoms. The number of nitrogens with zero attached hydrogens (tertiary/aromatic N) is 3. The van der Waals surface area contributed by atoms with Crippen molar-refractivity contribution in [1.29, 1.82) is 0 Å². The highest BCUT2D eigenvalue weighted by atomic mass is 16.5. The fraction of sp³-hybridized carbons (Fsp3) is 0.533. The number of allylic oxidation sites excluding steroid dienone is 1. The molecule has 1 atom stereocenters. The van der Waals surface area contributed by atoms with Crippen molar-refractivity contribution in [2.75, 3.05) is 25.1 Å². The number of piperidine rings is 1. The summed E-state index contributed by atoms with van der Waals surface area (Å²) in [7, 11) is 1.61. The number of aromatic nitrogens is 2. The SMILES string of the molecule is C=CC[C@]1(C(=O)O)CCCN(c2cc(COC)ncn2)C1. The van der Waals surface area contributed by atoms with Gasteiger partial charge in [0.05, 0.1) is 17.7 Å². The smallest absolute Gasteiger partial charge is 0.311 e. The molecule has 0 amide bonds. The van der Waals surface area contributed by atoms with Crippen LogP contribution in [0.1, 0.15) is 25.0 Å². The maximum atomic E-state index is 11.7. The number of hydrogen-bond donors (Lipinski definition) is 1. The molecule has 1 saturated heterocycles. The second kappa shape index (κ2) is 6.67. The molecule has 1 aromatic rings. The first kappa shape index (κ1) is 15.4. The van der Waals surface area contributed by atoms with E-state index in [4.69, 9.17) is 4.74 Å². The number of rotatable bonds is 6. The van der Waals surface area contributed by atoms with Crippen LogP contribution in [0.4, 0.5) is 5.82 Å². The van der Waals surface area contributed by atoms with Gasteiger partial charge in [0.2, 0.25) is 0 Å². The highest BCUT2D eigenvalue weighted by molar-refractivity contribution is 5.76. The van der Waals surface area contributed by atoms with Crippen molar-refractivity contribution in [2.45, 2.75) is 25.9 Å². The van der Waals surface area contributed by atoms with Crippen molar-refractivity contribution in [2.24, 2.45) is 5.41 Å². The third kappa shape index (κ3) is 3.39. The normalized spacial score (nSPS) is 22.0. The van der Waals surface area contributed by atoms with Crippen molar-refractivity contribution in [1.82, 2.24) is 9.97 Å². The Morgan fingerprint density at radius 1 is 1.62 bits per heavy atom. The summed E-state index contributed by atoms with van der Waals surface area (Å²) in [4.78, 5) is 22.1. The third-order valence-electron chi connectivity index (χ3n) is 3.89. The Morgan fingerprint density at radius 3 is 3.10 bits per heavy atom. The zero-order valence-electron chi connectivity index (χ0n) is 12.3. The Hall–Kier alpha value is -1.95.